The number of amides is 2. The Morgan fingerprint density at radius 1 is 0.677 bits per heavy atom. The van der Waals surface area contributed by atoms with Gasteiger partial charge in [0.2, 0.25) is 0 Å². The number of benzene rings is 4. The molecular formula is C48H50Cl6N8O3. The van der Waals surface area contributed by atoms with E-state index in [4.69, 9.17) is 74.7 Å². The monoisotopic (exact) mass is 996 g/mol. The number of rotatable bonds is 8. The van der Waals surface area contributed by atoms with Crippen LogP contribution in [0.2, 0.25) is 30.1 Å². The molecule has 2 aromatic heterocycles. The lowest BCUT2D eigenvalue weighted by Crippen LogP contribution is -2.54. The van der Waals surface area contributed by atoms with Gasteiger partial charge >= 0.3 is 6.09 Å². The van der Waals surface area contributed by atoms with Crippen LogP contribution in [0.1, 0.15) is 68.1 Å². The number of carbonyl (C=O) groups excluding carboxylic acids is 1. The molecule has 0 spiro atoms. The maximum absolute atomic E-state index is 13.1. The minimum atomic E-state index is -0.869. The Morgan fingerprint density at radius 2 is 1.17 bits per heavy atom. The molecule has 2 atom stereocenters. The number of carbonyl (C=O) groups is 2. The van der Waals surface area contributed by atoms with Crippen molar-refractivity contribution >= 4 is 87.4 Å². The molecule has 0 radical (unpaired) electrons. The highest BCUT2D eigenvalue weighted by Gasteiger charge is 2.39. The van der Waals surface area contributed by atoms with Crippen LogP contribution in [0.3, 0.4) is 0 Å². The second-order valence-corrected chi connectivity index (χ2v) is 20.0. The molecule has 0 aliphatic carbocycles. The number of anilines is 1. The van der Waals surface area contributed by atoms with E-state index in [1.54, 1.807) is 39.9 Å². The summed E-state index contributed by atoms with van der Waals surface area (Å²) in [6.07, 6.45) is 2.33. The van der Waals surface area contributed by atoms with Gasteiger partial charge in [-0.25, -0.2) is 14.2 Å². The minimum absolute atomic E-state index is 0.0793. The Hall–Kier alpha value is -4.46. The molecule has 17 heteroatoms. The van der Waals surface area contributed by atoms with Gasteiger partial charge in [0.15, 0.2) is 11.5 Å². The number of piperidine rings is 2. The fourth-order valence-corrected chi connectivity index (χ4v) is 9.68. The first-order chi connectivity index (χ1) is 30.9. The molecule has 4 heterocycles. The summed E-state index contributed by atoms with van der Waals surface area (Å²) in [5, 5.41) is 32.6. The van der Waals surface area contributed by atoms with Crippen LogP contribution in [0.15, 0.2) is 84.9 Å². The SMILES string of the molecule is Cc1c(C(=O)NC2CCNCC2)nn(-c2ccc(Cl)cc2Cl)c1-c1ccc(Cl)cc1.Cc1c(NC2CCN(C(=O)O)C(C(C)(C)C)C2)nn(-c2ccc(Cl)cc2Cl)c1-c1ccc(Cl)cc1. The van der Waals surface area contributed by atoms with Crippen molar-refractivity contribution in [3.63, 3.8) is 0 Å². The van der Waals surface area contributed by atoms with Crippen LogP contribution < -0.4 is 16.0 Å². The molecule has 4 N–H and O–H groups in total. The Labute approximate surface area is 409 Å². The van der Waals surface area contributed by atoms with Crippen LogP contribution in [-0.4, -0.2) is 79.3 Å². The molecule has 4 aromatic carbocycles. The van der Waals surface area contributed by atoms with E-state index in [0.717, 1.165) is 65.4 Å². The van der Waals surface area contributed by atoms with Crippen LogP contribution in [0, 0.1) is 19.3 Å². The molecule has 6 aromatic rings. The number of aromatic nitrogens is 4. The summed E-state index contributed by atoms with van der Waals surface area (Å²) in [5.74, 6) is 0.556. The summed E-state index contributed by atoms with van der Waals surface area (Å²) in [6, 6.07) is 25.7. The first-order valence-electron chi connectivity index (χ1n) is 21.3. The first kappa shape index (κ1) is 48.5. The molecular weight excluding hydrogens is 949 g/mol. The average molecular weight is 1000 g/mol. The van der Waals surface area contributed by atoms with Crippen LogP contribution in [0.5, 0.6) is 0 Å². The van der Waals surface area contributed by atoms with E-state index in [1.165, 1.54) is 0 Å². The van der Waals surface area contributed by atoms with Crippen LogP contribution in [0.4, 0.5) is 10.6 Å². The van der Waals surface area contributed by atoms with Crippen molar-refractivity contribution in [2.24, 2.45) is 5.41 Å². The number of likely N-dealkylation sites (tertiary alicyclic amines) is 1. The molecule has 2 amide bonds. The zero-order valence-electron chi connectivity index (χ0n) is 36.5. The lowest BCUT2D eigenvalue weighted by atomic mass is 9.79. The number of hydrogen-bond acceptors (Lipinski definition) is 6. The maximum atomic E-state index is 13.1. The van der Waals surface area contributed by atoms with Gasteiger partial charge in [0, 0.05) is 67.0 Å². The summed E-state index contributed by atoms with van der Waals surface area (Å²) < 4.78 is 3.53. The van der Waals surface area contributed by atoms with Crippen LogP contribution >= 0.6 is 69.6 Å². The van der Waals surface area contributed by atoms with Gasteiger partial charge < -0.3 is 26.0 Å². The lowest BCUT2D eigenvalue weighted by molar-refractivity contribution is 0.0557. The molecule has 2 aliphatic heterocycles. The second-order valence-electron chi connectivity index (χ2n) is 17.4. The Kier molecular flexibility index (Phi) is 15.4. The molecule has 342 valence electrons. The van der Waals surface area contributed by atoms with Crippen molar-refractivity contribution in [3.8, 4) is 33.9 Å². The third kappa shape index (κ3) is 11.2. The van der Waals surface area contributed by atoms with Gasteiger partial charge in [0.1, 0.15) is 0 Å². The zero-order chi connectivity index (χ0) is 46.7. The van der Waals surface area contributed by atoms with Crippen LogP contribution in [0.25, 0.3) is 33.9 Å². The van der Waals surface area contributed by atoms with Gasteiger partial charge in [-0.1, -0.05) is 115 Å². The number of nitrogens with one attached hydrogen (secondary N) is 3. The molecule has 8 rings (SSSR count). The van der Waals surface area contributed by atoms with Gasteiger partial charge in [0.25, 0.3) is 5.91 Å². The van der Waals surface area contributed by atoms with Gasteiger partial charge in [-0.05, 0) is 119 Å². The first-order valence-corrected chi connectivity index (χ1v) is 23.6. The van der Waals surface area contributed by atoms with Crippen molar-refractivity contribution in [1.29, 1.82) is 0 Å². The molecule has 2 saturated heterocycles. The maximum Gasteiger partial charge on any atom is 0.407 e. The topological polar surface area (TPSA) is 129 Å². The number of hydrogen-bond donors (Lipinski definition) is 4. The predicted molar refractivity (Wildman–Crippen MR) is 266 cm³/mol. The van der Waals surface area contributed by atoms with Gasteiger partial charge in [0.05, 0.1) is 32.8 Å². The molecule has 65 heavy (non-hydrogen) atoms. The standard InChI is InChI=1S/C26H29Cl3N4O2.C22H21Cl3N4O/c1-15-23(16-5-7-17(27)8-6-16)33(21-10-9-18(28)13-20(21)29)31-24(15)30-19-11-12-32(25(34)35)22(14-19)26(2,3)4;1-13-20(22(30)27-17-8-10-26-11-9-17)28-29(19-7-6-16(24)12-18(19)25)21(13)14-2-4-15(23)5-3-14/h5-10,13,19,22H,11-12,14H2,1-4H3,(H,30,31)(H,34,35);2-7,12,17,26H,8-11H2,1H3,(H,27,30). The normalized spacial score (nSPS) is 16.8. The summed E-state index contributed by atoms with van der Waals surface area (Å²) in [6.45, 7) is 12.4. The third-order valence-electron chi connectivity index (χ3n) is 11.8. The van der Waals surface area contributed by atoms with E-state index in [-0.39, 0.29) is 29.4 Å². The molecule has 2 unspecified atom stereocenters. The predicted octanol–water partition coefficient (Wildman–Crippen LogP) is 13.1. The van der Waals surface area contributed by atoms with Crippen molar-refractivity contribution in [1.82, 2.24) is 35.1 Å². The number of carboxylic acid groups (broad SMARTS) is 1. The Bertz CT molecular complexity index is 2670. The second kappa shape index (κ2) is 20.6. The van der Waals surface area contributed by atoms with Crippen molar-refractivity contribution in [2.75, 3.05) is 25.0 Å². The Morgan fingerprint density at radius 3 is 1.66 bits per heavy atom. The van der Waals surface area contributed by atoms with Crippen molar-refractivity contribution < 1.29 is 14.7 Å². The fraction of sp³-hybridized carbons (Fsp3) is 0.333. The lowest BCUT2D eigenvalue weighted by Gasteiger charge is -2.44. The molecule has 2 aliphatic rings. The number of halogens is 6. The zero-order valence-corrected chi connectivity index (χ0v) is 41.1. The third-order valence-corrected chi connectivity index (χ3v) is 13.4. The van der Waals surface area contributed by atoms with E-state index in [9.17, 15) is 14.7 Å². The summed E-state index contributed by atoms with van der Waals surface area (Å²) in [4.78, 5) is 26.5. The van der Waals surface area contributed by atoms with Gasteiger partial charge in [-0.2, -0.15) is 5.10 Å². The van der Waals surface area contributed by atoms with E-state index < -0.39 is 6.09 Å². The Balaban J connectivity index is 0.000000196. The van der Waals surface area contributed by atoms with Crippen molar-refractivity contribution in [2.45, 2.75) is 78.4 Å². The van der Waals surface area contributed by atoms with E-state index >= 15 is 0 Å². The van der Waals surface area contributed by atoms with Gasteiger partial charge in [-0.15, -0.1) is 5.10 Å². The molecule has 0 saturated carbocycles. The highest BCUT2D eigenvalue weighted by atomic mass is 35.5. The van der Waals surface area contributed by atoms with Gasteiger partial charge in [-0.3, -0.25) is 4.79 Å². The summed E-state index contributed by atoms with van der Waals surface area (Å²) >= 11 is 37.5. The van der Waals surface area contributed by atoms with E-state index in [2.05, 4.69) is 41.8 Å². The highest BCUT2D eigenvalue weighted by molar-refractivity contribution is 6.36. The van der Waals surface area contributed by atoms with E-state index in [0.29, 0.717) is 66.6 Å². The highest BCUT2D eigenvalue weighted by Crippen LogP contribution is 2.38. The number of nitrogens with zero attached hydrogens (tertiary/aromatic N) is 5. The smallest absolute Gasteiger partial charge is 0.407 e. The fourth-order valence-electron chi connectivity index (χ4n) is 8.45. The summed E-state index contributed by atoms with van der Waals surface area (Å²) in [7, 11) is 0. The average Bonchev–Trinajstić information content (AvgIpc) is 3.77. The molecule has 2 fully saturated rings. The quantitative estimate of drug-likeness (QED) is 0.119. The summed E-state index contributed by atoms with van der Waals surface area (Å²) in [5.41, 5.74) is 6.81. The minimum Gasteiger partial charge on any atom is -0.465 e. The van der Waals surface area contributed by atoms with Crippen molar-refractivity contribution in [3.05, 3.63) is 132 Å². The van der Waals surface area contributed by atoms with E-state index in [1.807, 2.05) is 73.1 Å². The molecule has 0 bridgehead atoms. The molecule has 11 nitrogen and oxygen atoms in total. The van der Waals surface area contributed by atoms with Crippen LogP contribution in [-0.2, 0) is 0 Å². The largest absolute Gasteiger partial charge is 0.465 e.